The lowest BCUT2D eigenvalue weighted by molar-refractivity contribution is -0.112. The number of hydrogen-bond donors (Lipinski definition) is 2. The van der Waals surface area contributed by atoms with Crippen molar-refractivity contribution in [2.24, 2.45) is 10.7 Å². The number of allylic oxidation sites excluding steroid dienone is 1. The van der Waals surface area contributed by atoms with E-state index in [1.165, 1.54) is 6.21 Å². The van der Waals surface area contributed by atoms with E-state index in [9.17, 15) is 4.79 Å². The predicted octanol–water partition coefficient (Wildman–Crippen LogP) is 0.0806. The lowest BCUT2D eigenvalue weighted by atomic mass is 10.1. The molecule has 0 amide bonds. The Hall–Kier alpha value is -1.91. The van der Waals surface area contributed by atoms with Gasteiger partial charge in [0.1, 0.15) is 17.2 Å². The van der Waals surface area contributed by atoms with Crippen LogP contribution in [0.3, 0.4) is 0 Å². The number of aromatic nitrogens is 2. The molecule has 0 aliphatic carbocycles. The molecule has 0 radical (unpaired) electrons. The lowest BCUT2D eigenvalue weighted by Gasteiger charge is -2.07. The van der Waals surface area contributed by atoms with Crippen LogP contribution in [0.25, 0.3) is 5.57 Å². The fraction of sp³-hybridized carbons (Fsp3) is 0.125. The second-order valence-electron chi connectivity index (χ2n) is 2.64. The summed E-state index contributed by atoms with van der Waals surface area (Å²) in [5.41, 5.74) is 5.94. The van der Waals surface area contributed by atoms with E-state index in [1.54, 1.807) is 12.4 Å². The first-order valence-electron chi connectivity index (χ1n) is 3.84. The molecule has 1 aliphatic rings. The number of Topliss-reactive ketones (excluding diaryl/α,β-unsaturated/α-hetero) is 1. The number of carbonyl (C=O) groups is 1. The number of imidazole rings is 1. The molecule has 0 unspecified atom stereocenters. The number of rotatable bonds is 1. The van der Waals surface area contributed by atoms with E-state index in [-0.39, 0.29) is 18.0 Å². The van der Waals surface area contributed by atoms with Gasteiger partial charge in [0.2, 0.25) is 0 Å². The van der Waals surface area contributed by atoms with Crippen molar-refractivity contribution in [3.05, 3.63) is 24.0 Å². The maximum absolute atomic E-state index is 11.4. The number of carbonyl (C=O) groups excluding carboxylic acids is 1. The maximum atomic E-state index is 11.4. The average molecular weight is 176 g/mol. The fourth-order valence-electron chi connectivity index (χ4n) is 1.19. The van der Waals surface area contributed by atoms with Gasteiger partial charge in [-0.25, -0.2) is 9.98 Å². The summed E-state index contributed by atoms with van der Waals surface area (Å²) in [7, 11) is 0. The molecule has 0 fully saturated rings. The van der Waals surface area contributed by atoms with Crippen LogP contribution in [-0.2, 0) is 4.79 Å². The number of ketones is 1. The minimum absolute atomic E-state index is 0.0533. The summed E-state index contributed by atoms with van der Waals surface area (Å²) in [6.45, 7) is 0. The molecule has 0 atom stereocenters. The average Bonchev–Trinajstić information content (AvgIpc) is 2.57. The van der Waals surface area contributed by atoms with Crippen molar-refractivity contribution in [1.82, 2.24) is 9.97 Å². The van der Waals surface area contributed by atoms with Crippen molar-refractivity contribution in [2.45, 2.75) is 6.42 Å². The van der Waals surface area contributed by atoms with Gasteiger partial charge in [-0.1, -0.05) is 0 Å². The van der Waals surface area contributed by atoms with Crippen molar-refractivity contribution >= 4 is 17.6 Å². The van der Waals surface area contributed by atoms with E-state index in [0.29, 0.717) is 11.4 Å². The van der Waals surface area contributed by atoms with E-state index >= 15 is 0 Å². The Morgan fingerprint density at radius 2 is 2.38 bits per heavy atom. The molecule has 2 heterocycles. The van der Waals surface area contributed by atoms with Gasteiger partial charge in [-0.2, -0.15) is 0 Å². The number of nitrogens with zero attached hydrogens (tertiary/aromatic N) is 2. The van der Waals surface area contributed by atoms with Crippen molar-refractivity contribution in [2.75, 3.05) is 0 Å². The molecule has 13 heavy (non-hydrogen) atoms. The minimum Gasteiger partial charge on any atom is -0.383 e. The normalized spacial score (nSPS) is 16.8. The van der Waals surface area contributed by atoms with Gasteiger partial charge in [0.25, 0.3) is 0 Å². The van der Waals surface area contributed by atoms with Crippen molar-refractivity contribution in [3.8, 4) is 0 Å². The Kier molecular flexibility index (Phi) is 1.70. The van der Waals surface area contributed by atoms with E-state index < -0.39 is 0 Å². The lowest BCUT2D eigenvalue weighted by Crippen LogP contribution is -2.14. The molecular weight excluding hydrogens is 168 g/mol. The molecule has 0 bridgehead atoms. The summed E-state index contributed by atoms with van der Waals surface area (Å²) in [4.78, 5) is 22.1. The number of H-pyrrole nitrogens is 1. The molecule has 0 spiro atoms. The zero-order chi connectivity index (χ0) is 9.26. The first-order valence-corrected chi connectivity index (χ1v) is 3.84. The van der Waals surface area contributed by atoms with E-state index in [4.69, 9.17) is 5.73 Å². The smallest absolute Gasteiger partial charge is 0.175 e. The topological polar surface area (TPSA) is 84.1 Å². The molecule has 0 saturated heterocycles. The minimum atomic E-state index is -0.0533. The summed E-state index contributed by atoms with van der Waals surface area (Å²) in [5.74, 6) is 0.660. The summed E-state index contributed by atoms with van der Waals surface area (Å²) in [6.07, 6.45) is 5.00. The molecule has 1 aliphatic heterocycles. The molecule has 5 heteroatoms. The Morgan fingerprint density at radius 1 is 1.54 bits per heavy atom. The highest BCUT2D eigenvalue weighted by molar-refractivity contribution is 6.25. The highest BCUT2D eigenvalue weighted by atomic mass is 16.1. The number of aliphatic imine (C=N–C) groups is 1. The number of nitrogens with one attached hydrogen (secondary N) is 1. The second kappa shape index (κ2) is 2.85. The third-order valence-electron chi connectivity index (χ3n) is 1.78. The maximum Gasteiger partial charge on any atom is 0.175 e. The quantitative estimate of drug-likeness (QED) is 0.635. The van der Waals surface area contributed by atoms with Gasteiger partial charge in [0, 0.05) is 25.0 Å². The fourth-order valence-corrected chi connectivity index (χ4v) is 1.19. The largest absolute Gasteiger partial charge is 0.383 e. The molecule has 5 nitrogen and oxygen atoms in total. The van der Waals surface area contributed by atoms with E-state index in [2.05, 4.69) is 15.0 Å². The third-order valence-corrected chi connectivity index (χ3v) is 1.78. The summed E-state index contributed by atoms with van der Waals surface area (Å²) in [5, 5.41) is 0. The van der Waals surface area contributed by atoms with Gasteiger partial charge in [0.05, 0.1) is 0 Å². The SMILES string of the molecule is NC1=C(c2ncc[nH]2)C(=O)CC=N1. The van der Waals surface area contributed by atoms with Crippen LogP contribution in [0, 0.1) is 0 Å². The summed E-state index contributed by atoms with van der Waals surface area (Å²) < 4.78 is 0. The molecule has 2 rings (SSSR count). The Bertz CT molecular complexity index is 388. The molecule has 66 valence electrons. The van der Waals surface area contributed by atoms with Gasteiger partial charge in [0.15, 0.2) is 5.78 Å². The van der Waals surface area contributed by atoms with Crippen LogP contribution in [-0.4, -0.2) is 22.0 Å². The number of nitrogens with two attached hydrogens (primary N) is 1. The van der Waals surface area contributed by atoms with Crippen LogP contribution < -0.4 is 5.73 Å². The van der Waals surface area contributed by atoms with Crippen molar-refractivity contribution in [1.29, 1.82) is 0 Å². The van der Waals surface area contributed by atoms with Crippen LogP contribution >= 0.6 is 0 Å². The first kappa shape index (κ1) is 7.72. The van der Waals surface area contributed by atoms with Crippen LogP contribution in [0.1, 0.15) is 12.2 Å². The van der Waals surface area contributed by atoms with Crippen LogP contribution in [0.4, 0.5) is 0 Å². The van der Waals surface area contributed by atoms with E-state index in [1.807, 2.05) is 0 Å². The highest BCUT2D eigenvalue weighted by Gasteiger charge is 2.19. The molecule has 0 aromatic carbocycles. The summed E-state index contributed by atoms with van der Waals surface area (Å²) >= 11 is 0. The third kappa shape index (κ3) is 1.24. The monoisotopic (exact) mass is 176 g/mol. The standard InChI is InChI=1S/C8H8N4O/c9-7-6(5(13)1-2-10-7)8-11-3-4-12-8/h2-4H,1,9H2,(H,11,12). The Balaban J connectivity index is 2.51. The van der Waals surface area contributed by atoms with Crippen molar-refractivity contribution in [3.63, 3.8) is 0 Å². The first-order chi connectivity index (χ1) is 6.29. The Morgan fingerprint density at radius 3 is 3.00 bits per heavy atom. The molecular formula is C8H8N4O. The van der Waals surface area contributed by atoms with Crippen molar-refractivity contribution < 1.29 is 4.79 Å². The predicted molar refractivity (Wildman–Crippen MR) is 47.8 cm³/mol. The molecule has 1 aromatic rings. The van der Waals surface area contributed by atoms with Crippen LogP contribution in [0.5, 0.6) is 0 Å². The highest BCUT2D eigenvalue weighted by Crippen LogP contribution is 2.18. The second-order valence-corrected chi connectivity index (χ2v) is 2.64. The van der Waals surface area contributed by atoms with Gasteiger partial charge in [-0.15, -0.1) is 0 Å². The molecule has 0 saturated carbocycles. The van der Waals surface area contributed by atoms with Crippen LogP contribution in [0.15, 0.2) is 23.2 Å². The van der Waals surface area contributed by atoms with Gasteiger partial charge in [-0.05, 0) is 0 Å². The number of hydrogen-bond acceptors (Lipinski definition) is 4. The number of aromatic amines is 1. The van der Waals surface area contributed by atoms with Gasteiger partial charge >= 0.3 is 0 Å². The van der Waals surface area contributed by atoms with Gasteiger partial charge < -0.3 is 10.7 Å². The molecule has 1 aromatic heterocycles. The Labute approximate surface area is 74.4 Å². The van der Waals surface area contributed by atoms with Gasteiger partial charge in [-0.3, -0.25) is 4.79 Å². The summed E-state index contributed by atoms with van der Waals surface area (Å²) in [6, 6.07) is 0. The molecule has 3 N–H and O–H groups in total. The van der Waals surface area contributed by atoms with Crippen LogP contribution in [0.2, 0.25) is 0 Å². The zero-order valence-corrected chi connectivity index (χ0v) is 6.82. The van der Waals surface area contributed by atoms with E-state index in [0.717, 1.165) is 0 Å². The zero-order valence-electron chi connectivity index (χ0n) is 6.82.